The third-order valence-corrected chi connectivity index (χ3v) is 3.31. The molecule has 0 saturated heterocycles. The van der Waals surface area contributed by atoms with E-state index in [1.54, 1.807) is 0 Å². The first-order valence-corrected chi connectivity index (χ1v) is 6.91. The van der Waals surface area contributed by atoms with E-state index in [1.165, 1.54) is 0 Å². The Kier molecular flexibility index (Phi) is 4.38. The zero-order valence-electron chi connectivity index (χ0n) is 9.28. The Labute approximate surface area is 91.4 Å². The van der Waals surface area contributed by atoms with Crippen LogP contribution in [0.1, 0.15) is 26.7 Å². The van der Waals surface area contributed by atoms with E-state index in [2.05, 4.69) is 28.9 Å². The number of hydrogen-bond acceptors (Lipinski definition) is 4. The predicted octanol–water partition coefficient (Wildman–Crippen LogP) is 0.301. The van der Waals surface area contributed by atoms with Crippen molar-refractivity contribution in [3.63, 3.8) is 0 Å². The van der Waals surface area contributed by atoms with Gasteiger partial charge in [0.1, 0.15) is 0 Å². The van der Waals surface area contributed by atoms with Crippen molar-refractivity contribution in [1.82, 2.24) is 10.6 Å². The Morgan fingerprint density at radius 2 is 2.27 bits per heavy atom. The predicted molar refractivity (Wildman–Crippen MR) is 61.3 cm³/mol. The van der Waals surface area contributed by atoms with Crippen molar-refractivity contribution in [1.29, 1.82) is 0 Å². The molecule has 15 heavy (non-hydrogen) atoms. The fourth-order valence-electron chi connectivity index (χ4n) is 1.33. The quantitative estimate of drug-likeness (QED) is 0.685. The van der Waals surface area contributed by atoms with Crippen molar-refractivity contribution in [2.45, 2.75) is 26.7 Å². The van der Waals surface area contributed by atoms with Gasteiger partial charge in [0.2, 0.25) is 5.96 Å². The van der Waals surface area contributed by atoms with Gasteiger partial charge in [-0.1, -0.05) is 13.8 Å². The monoisotopic (exact) mass is 233 g/mol. The molecule has 5 nitrogen and oxygen atoms in total. The Morgan fingerprint density at radius 1 is 1.53 bits per heavy atom. The van der Waals surface area contributed by atoms with E-state index < -0.39 is 10.0 Å². The summed E-state index contributed by atoms with van der Waals surface area (Å²) in [5, 5.41) is 5.91. The normalized spacial score (nSPS) is 19.5. The van der Waals surface area contributed by atoms with E-state index in [-0.39, 0.29) is 5.75 Å². The molecule has 0 atom stereocenters. The SMILES string of the molecule is CC(C)CCCNC1=NS(=O)(=O)CCN1. The highest BCUT2D eigenvalue weighted by atomic mass is 32.2. The van der Waals surface area contributed by atoms with Gasteiger partial charge in [0.05, 0.1) is 5.75 Å². The van der Waals surface area contributed by atoms with Crippen LogP contribution in [0.5, 0.6) is 0 Å². The van der Waals surface area contributed by atoms with Gasteiger partial charge in [-0.3, -0.25) is 0 Å². The van der Waals surface area contributed by atoms with Gasteiger partial charge in [0, 0.05) is 13.1 Å². The van der Waals surface area contributed by atoms with Crippen LogP contribution >= 0.6 is 0 Å². The molecule has 0 saturated carbocycles. The second-order valence-electron chi connectivity index (χ2n) is 4.12. The summed E-state index contributed by atoms with van der Waals surface area (Å²) in [4.78, 5) is 0. The summed E-state index contributed by atoms with van der Waals surface area (Å²) in [7, 11) is -3.22. The van der Waals surface area contributed by atoms with Crippen molar-refractivity contribution in [2.75, 3.05) is 18.8 Å². The summed E-state index contributed by atoms with van der Waals surface area (Å²) in [6.07, 6.45) is 2.16. The van der Waals surface area contributed by atoms with Crippen LogP contribution < -0.4 is 10.6 Å². The highest BCUT2D eigenvalue weighted by molar-refractivity contribution is 7.90. The fraction of sp³-hybridized carbons (Fsp3) is 0.889. The van der Waals surface area contributed by atoms with Crippen LogP contribution in [0.15, 0.2) is 4.40 Å². The molecule has 1 heterocycles. The number of hydrogen-bond donors (Lipinski definition) is 2. The van der Waals surface area contributed by atoms with Crippen LogP contribution in [0.2, 0.25) is 0 Å². The number of guanidine groups is 1. The first-order chi connectivity index (χ1) is 6.99. The minimum Gasteiger partial charge on any atom is -0.356 e. The number of rotatable bonds is 4. The Hall–Kier alpha value is -0.780. The van der Waals surface area contributed by atoms with Gasteiger partial charge in [-0.2, -0.15) is 0 Å². The molecule has 0 radical (unpaired) electrons. The van der Waals surface area contributed by atoms with Crippen LogP contribution in [-0.2, 0) is 10.0 Å². The molecule has 1 rings (SSSR count). The van der Waals surface area contributed by atoms with Crippen molar-refractivity contribution < 1.29 is 8.42 Å². The summed E-state index contributed by atoms with van der Waals surface area (Å²) in [6, 6.07) is 0. The standard InChI is InChI=1S/C9H19N3O2S/c1-8(2)4-3-5-10-9-11-6-7-15(13,14)12-9/h8H,3-7H2,1-2H3,(H2,10,11,12). The summed E-state index contributed by atoms with van der Waals surface area (Å²) in [5.41, 5.74) is 0. The maximum Gasteiger partial charge on any atom is 0.258 e. The summed E-state index contributed by atoms with van der Waals surface area (Å²) < 4.78 is 25.9. The lowest BCUT2D eigenvalue weighted by atomic mass is 10.1. The van der Waals surface area contributed by atoms with Crippen molar-refractivity contribution in [3.8, 4) is 0 Å². The summed E-state index contributed by atoms with van der Waals surface area (Å²) in [6.45, 7) is 5.54. The largest absolute Gasteiger partial charge is 0.356 e. The first-order valence-electron chi connectivity index (χ1n) is 5.30. The van der Waals surface area contributed by atoms with E-state index in [0.29, 0.717) is 18.4 Å². The molecule has 0 bridgehead atoms. The zero-order valence-corrected chi connectivity index (χ0v) is 10.1. The Balaban J connectivity index is 2.30. The number of nitrogens with one attached hydrogen (secondary N) is 2. The van der Waals surface area contributed by atoms with Crippen molar-refractivity contribution in [2.24, 2.45) is 10.3 Å². The molecule has 0 spiro atoms. The average Bonchev–Trinajstić information content (AvgIpc) is 2.10. The molecule has 0 amide bonds. The maximum atomic E-state index is 11.1. The Bertz CT molecular complexity index is 322. The molecular formula is C9H19N3O2S. The van der Waals surface area contributed by atoms with E-state index >= 15 is 0 Å². The van der Waals surface area contributed by atoms with E-state index in [9.17, 15) is 8.42 Å². The highest BCUT2D eigenvalue weighted by Crippen LogP contribution is 2.02. The summed E-state index contributed by atoms with van der Waals surface area (Å²) in [5.74, 6) is 1.16. The second-order valence-corrected chi connectivity index (χ2v) is 5.87. The zero-order chi connectivity index (χ0) is 11.3. The van der Waals surface area contributed by atoms with Crippen LogP contribution in [0.3, 0.4) is 0 Å². The second kappa shape index (κ2) is 5.34. The molecular weight excluding hydrogens is 214 g/mol. The molecule has 2 N–H and O–H groups in total. The lowest BCUT2D eigenvalue weighted by Crippen LogP contribution is -2.44. The topological polar surface area (TPSA) is 70.6 Å². The Morgan fingerprint density at radius 3 is 2.87 bits per heavy atom. The molecule has 1 aliphatic rings. The lowest BCUT2D eigenvalue weighted by Gasteiger charge is -2.16. The minimum absolute atomic E-state index is 0.0875. The maximum absolute atomic E-state index is 11.1. The number of sulfonamides is 1. The van der Waals surface area contributed by atoms with Crippen LogP contribution in [0.4, 0.5) is 0 Å². The van der Waals surface area contributed by atoms with Gasteiger partial charge in [-0.05, 0) is 18.8 Å². The molecule has 0 aliphatic carbocycles. The van der Waals surface area contributed by atoms with Gasteiger partial charge in [0.15, 0.2) is 0 Å². The molecule has 1 aliphatic heterocycles. The smallest absolute Gasteiger partial charge is 0.258 e. The molecule has 6 heteroatoms. The first kappa shape index (κ1) is 12.3. The summed E-state index contributed by atoms with van der Waals surface area (Å²) >= 11 is 0. The van der Waals surface area contributed by atoms with Gasteiger partial charge < -0.3 is 10.6 Å². The van der Waals surface area contributed by atoms with Gasteiger partial charge in [-0.25, -0.2) is 8.42 Å². The van der Waals surface area contributed by atoms with Gasteiger partial charge >= 0.3 is 0 Å². The number of nitrogens with zero attached hydrogens (tertiary/aromatic N) is 1. The van der Waals surface area contributed by atoms with Crippen LogP contribution in [0, 0.1) is 5.92 Å². The third-order valence-electron chi connectivity index (χ3n) is 2.13. The molecule has 0 unspecified atom stereocenters. The highest BCUT2D eigenvalue weighted by Gasteiger charge is 2.15. The van der Waals surface area contributed by atoms with Gasteiger partial charge in [-0.15, -0.1) is 4.40 Å². The molecule has 0 aromatic rings. The van der Waals surface area contributed by atoms with E-state index in [1.807, 2.05) is 0 Å². The fourth-order valence-corrected chi connectivity index (χ4v) is 2.19. The van der Waals surface area contributed by atoms with Crippen molar-refractivity contribution in [3.05, 3.63) is 0 Å². The average molecular weight is 233 g/mol. The van der Waals surface area contributed by atoms with E-state index in [0.717, 1.165) is 19.4 Å². The van der Waals surface area contributed by atoms with E-state index in [4.69, 9.17) is 0 Å². The molecule has 88 valence electrons. The van der Waals surface area contributed by atoms with Gasteiger partial charge in [0.25, 0.3) is 10.0 Å². The molecule has 0 aromatic heterocycles. The van der Waals surface area contributed by atoms with Crippen molar-refractivity contribution >= 4 is 16.0 Å². The third kappa shape index (κ3) is 5.01. The minimum atomic E-state index is -3.22. The molecule has 0 aromatic carbocycles. The van der Waals surface area contributed by atoms with Crippen LogP contribution in [0.25, 0.3) is 0 Å². The lowest BCUT2D eigenvalue weighted by molar-refractivity contribution is 0.548. The molecule has 0 fully saturated rings. The van der Waals surface area contributed by atoms with Crippen LogP contribution in [-0.4, -0.2) is 33.2 Å².